The summed E-state index contributed by atoms with van der Waals surface area (Å²) in [6.45, 7) is 15.6. The number of aliphatic hydroxyl groups excluding tert-OH is 1. The Morgan fingerprint density at radius 1 is 1.12 bits per heavy atom. The highest BCUT2D eigenvalue weighted by Gasteiger charge is 2.63. The van der Waals surface area contributed by atoms with Gasteiger partial charge in [-0.3, -0.25) is 19.2 Å². The van der Waals surface area contributed by atoms with Crippen LogP contribution in [0, 0.1) is 22.7 Å². The predicted molar refractivity (Wildman–Crippen MR) is 124 cm³/mol. The smallest absolute Gasteiger partial charge is 0.303 e. The molecule has 0 aromatic heterocycles. The summed E-state index contributed by atoms with van der Waals surface area (Å²) in [5.41, 5.74) is -0.183. The first-order chi connectivity index (χ1) is 15.6. The van der Waals surface area contributed by atoms with Crippen molar-refractivity contribution >= 4 is 23.7 Å². The molecule has 0 heterocycles. The lowest BCUT2D eigenvalue weighted by atomic mass is 9.45. The van der Waals surface area contributed by atoms with Crippen LogP contribution in [-0.4, -0.2) is 53.7 Å². The van der Waals surface area contributed by atoms with Crippen LogP contribution in [0.15, 0.2) is 23.8 Å². The van der Waals surface area contributed by atoms with Crippen molar-refractivity contribution < 1.29 is 38.5 Å². The third-order valence-corrected chi connectivity index (χ3v) is 7.58. The van der Waals surface area contributed by atoms with Crippen LogP contribution in [0.2, 0.25) is 0 Å². The lowest BCUT2D eigenvalue weighted by molar-refractivity contribution is -0.178. The van der Waals surface area contributed by atoms with Gasteiger partial charge in [-0.25, -0.2) is 0 Å². The van der Waals surface area contributed by atoms with Crippen LogP contribution in [0.1, 0.15) is 67.7 Å². The van der Waals surface area contributed by atoms with E-state index >= 15 is 0 Å². The number of carbonyl (C=O) groups excluding carboxylic acids is 4. The highest BCUT2D eigenvalue weighted by Crippen LogP contribution is 2.61. The number of carbonyl (C=O) groups is 4. The van der Waals surface area contributed by atoms with Gasteiger partial charge in [0.25, 0.3) is 0 Å². The third-order valence-electron chi connectivity index (χ3n) is 7.58. The van der Waals surface area contributed by atoms with Crippen molar-refractivity contribution in [3.8, 4) is 0 Å². The quantitative estimate of drug-likeness (QED) is 0.337. The molecular weight excluding hydrogens is 440 g/mol. The van der Waals surface area contributed by atoms with E-state index in [-0.39, 0.29) is 18.3 Å². The Kier molecular flexibility index (Phi) is 8.51. The predicted octanol–water partition coefficient (Wildman–Crippen LogP) is 3.31. The molecule has 2 rings (SSSR count). The molecule has 190 valence electrons. The molecule has 0 spiro atoms. The first kappa shape index (κ1) is 27.8. The van der Waals surface area contributed by atoms with Gasteiger partial charge in [-0.1, -0.05) is 27.4 Å². The van der Waals surface area contributed by atoms with Gasteiger partial charge in [0.15, 0.2) is 11.9 Å². The van der Waals surface area contributed by atoms with Gasteiger partial charge in [0, 0.05) is 32.1 Å². The minimum Gasteiger partial charge on any atom is -0.462 e. The topological polar surface area (TPSA) is 116 Å². The highest BCUT2D eigenvalue weighted by atomic mass is 16.6. The Morgan fingerprint density at radius 2 is 1.74 bits per heavy atom. The zero-order chi connectivity index (χ0) is 26.0. The first-order valence-corrected chi connectivity index (χ1v) is 11.7. The second-order valence-electron chi connectivity index (χ2n) is 10.4. The van der Waals surface area contributed by atoms with Crippen LogP contribution in [0.5, 0.6) is 0 Å². The number of Topliss-reactive ketones (excluding diaryl/α,β-unsaturated/α-hetero) is 1. The SMILES string of the molecule is C=C1[C@H](OC(C)=O)C(=O)[C@H]2C(C)(C)[C@@H](O)CC[C@]2(C)[C@H]1C[C@H](OC(C)=O)/C(C)=C/COC(C)=O. The average Bonchev–Trinajstić information content (AvgIpc) is 2.69. The molecule has 0 radical (unpaired) electrons. The van der Waals surface area contributed by atoms with Crippen LogP contribution in [0.4, 0.5) is 0 Å². The summed E-state index contributed by atoms with van der Waals surface area (Å²) in [6, 6.07) is 0. The summed E-state index contributed by atoms with van der Waals surface area (Å²) in [5, 5.41) is 10.8. The number of aliphatic hydroxyl groups is 1. The minimum atomic E-state index is -1.13. The Morgan fingerprint density at radius 3 is 2.26 bits per heavy atom. The maximum Gasteiger partial charge on any atom is 0.303 e. The lowest BCUT2D eigenvalue weighted by Gasteiger charge is -2.59. The number of ether oxygens (including phenoxy) is 3. The highest BCUT2D eigenvalue weighted by molar-refractivity contribution is 5.93. The molecule has 8 nitrogen and oxygen atoms in total. The average molecular weight is 479 g/mol. The number of fused-ring (bicyclic) bond motifs is 1. The second-order valence-corrected chi connectivity index (χ2v) is 10.4. The molecule has 0 aliphatic heterocycles. The fourth-order valence-corrected chi connectivity index (χ4v) is 5.90. The Bertz CT molecular complexity index is 885. The van der Waals surface area contributed by atoms with Gasteiger partial charge in [0.1, 0.15) is 12.7 Å². The van der Waals surface area contributed by atoms with Crippen molar-refractivity contribution in [3.05, 3.63) is 23.8 Å². The third kappa shape index (κ3) is 5.59. The molecule has 34 heavy (non-hydrogen) atoms. The Balaban J connectivity index is 2.52. The van der Waals surface area contributed by atoms with E-state index in [1.807, 2.05) is 20.8 Å². The zero-order valence-corrected chi connectivity index (χ0v) is 21.3. The molecule has 0 aromatic rings. The molecule has 2 saturated carbocycles. The lowest BCUT2D eigenvalue weighted by Crippen LogP contribution is -2.62. The van der Waals surface area contributed by atoms with Gasteiger partial charge in [-0.15, -0.1) is 0 Å². The summed E-state index contributed by atoms with van der Waals surface area (Å²) in [7, 11) is 0. The van der Waals surface area contributed by atoms with E-state index in [1.165, 1.54) is 20.8 Å². The van der Waals surface area contributed by atoms with E-state index in [2.05, 4.69) is 6.58 Å². The number of esters is 3. The summed E-state index contributed by atoms with van der Waals surface area (Å²) in [6.07, 6.45) is 0.591. The molecule has 2 aliphatic carbocycles. The molecule has 0 unspecified atom stereocenters. The van der Waals surface area contributed by atoms with Crippen molar-refractivity contribution in [2.24, 2.45) is 22.7 Å². The van der Waals surface area contributed by atoms with Crippen molar-refractivity contribution in [1.82, 2.24) is 0 Å². The van der Waals surface area contributed by atoms with Crippen LogP contribution < -0.4 is 0 Å². The molecule has 1 N–H and O–H groups in total. The molecule has 0 aromatic carbocycles. The number of hydrogen-bond donors (Lipinski definition) is 1. The van der Waals surface area contributed by atoms with E-state index in [0.717, 1.165) is 0 Å². The monoisotopic (exact) mass is 478 g/mol. The van der Waals surface area contributed by atoms with E-state index in [0.29, 0.717) is 30.4 Å². The van der Waals surface area contributed by atoms with Crippen LogP contribution in [0.3, 0.4) is 0 Å². The van der Waals surface area contributed by atoms with Gasteiger partial charge in [0.2, 0.25) is 0 Å². The minimum absolute atomic E-state index is 0.0399. The molecule has 2 fully saturated rings. The van der Waals surface area contributed by atoms with E-state index in [1.54, 1.807) is 13.0 Å². The number of ketones is 1. The Labute approximate surface area is 201 Å². The van der Waals surface area contributed by atoms with Crippen molar-refractivity contribution in [3.63, 3.8) is 0 Å². The van der Waals surface area contributed by atoms with Crippen LogP contribution >= 0.6 is 0 Å². The standard InChI is InChI=1S/C26H38O8/c1-14(10-12-32-16(3)27)20(33-17(4)28)13-19-15(2)23(34-18(5)29)22(31)24-25(6,7)21(30)9-11-26(19,24)8/h10,19-21,23-24,30H,2,9,11-13H2,1,3-8H3/b14-10+/t19-,20-,21-,23-,24-,26+/m0/s1. The molecule has 6 atom stereocenters. The van der Waals surface area contributed by atoms with Crippen LogP contribution in [0.25, 0.3) is 0 Å². The molecule has 0 amide bonds. The number of rotatable bonds is 7. The fourth-order valence-electron chi connectivity index (χ4n) is 5.90. The van der Waals surface area contributed by atoms with Gasteiger partial charge in [-0.2, -0.15) is 0 Å². The van der Waals surface area contributed by atoms with Gasteiger partial charge in [0.05, 0.1) is 6.10 Å². The normalized spacial score (nSPS) is 31.8. The summed E-state index contributed by atoms with van der Waals surface area (Å²) >= 11 is 0. The molecular formula is C26H38O8. The van der Waals surface area contributed by atoms with Gasteiger partial charge >= 0.3 is 17.9 Å². The maximum absolute atomic E-state index is 13.6. The van der Waals surface area contributed by atoms with Crippen LogP contribution in [-0.2, 0) is 33.4 Å². The summed E-state index contributed by atoms with van der Waals surface area (Å²) in [4.78, 5) is 48.5. The zero-order valence-electron chi connectivity index (χ0n) is 21.3. The summed E-state index contributed by atoms with van der Waals surface area (Å²) in [5.74, 6) is -2.67. The Hall–Kier alpha value is -2.48. The van der Waals surface area contributed by atoms with E-state index < -0.39 is 53.0 Å². The molecule has 0 saturated heterocycles. The van der Waals surface area contributed by atoms with Crippen molar-refractivity contribution in [1.29, 1.82) is 0 Å². The molecule has 2 aliphatic rings. The first-order valence-electron chi connectivity index (χ1n) is 11.7. The molecule has 0 bridgehead atoms. The number of hydrogen-bond acceptors (Lipinski definition) is 8. The summed E-state index contributed by atoms with van der Waals surface area (Å²) < 4.78 is 16.1. The van der Waals surface area contributed by atoms with E-state index in [9.17, 15) is 24.3 Å². The fraction of sp³-hybridized carbons (Fsp3) is 0.692. The van der Waals surface area contributed by atoms with Crippen molar-refractivity contribution in [2.75, 3.05) is 6.61 Å². The molecule has 8 heteroatoms. The largest absolute Gasteiger partial charge is 0.462 e. The van der Waals surface area contributed by atoms with Crippen molar-refractivity contribution in [2.45, 2.75) is 86.0 Å². The second kappa shape index (κ2) is 10.4. The maximum atomic E-state index is 13.6. The van der Waals surface area contributed by atoms with E-state index in [4.69, 9.17) is 14.2 Å². The van der Waals surface area contributed by atoms with Gasteiger partial charge < -0.3 is 19.3 Å². The van der Waals surface area contributed by atoms with Gasteiger partial charge in [-0.05, 0) is 54.7 Å².